The lowest BCUT2D eigenvalue weighted by molar-refractivity contribution is -0.120. The molecule has 2 amide bonds. The fourth-order valence-electron chi connectivity index (χ4n) is 2.63. The van der Waals surface area contributed by atoms with E-state index in [9.17, 15) is 9.59 Å². The summed E-state index contributed by atoms with van der Waals surface area (Å²) in [5.41, 5.74) is 3.76. The van der Waals surface area contributed by atoms with Crippen LogP contribution in [0.4, 0.5) is 0 Å². The first-order valence-corrected chi connectivity index (χ1v) is 8.77. The van der Waals surface area contributed by atoms with Gasteiger partial charge in [0.15, 0.2) is 0 Å². The van der Waals surface area contributed by atoms with Crippen LogP contribution in [0, 0.1) is 20.8 Å². The summed E-state index contributed by atoms with van der Waals surface area (Å²) >= 11 is 0. The molecular weight excluding hydrogens is 328 g/mol. The molecule has 0 aromatic heterocycles. The molecule has 0 saturated carbocycles. The minimum Gasteiger partial charge on any atom is -0.494 e. The van der Waals surface area contributed by atoms with Gasteiger partial charge in [0, 0.05) is 12.1 Å². The van der Waals surface area contributed by atoms with E-state index in [0.717, 1.165) is 22.4 Å². The van der Waals surface area contributed by atoms with E-state index in [4.69, 9.17) is 4.74 Å². The first-order valence-electron chi connectivity index (χ1n) is 8.77. The Morgan fingerprint density at radius 3 is 2.35 bits per heavy atom. The summed E-state index contributed by atoms with van der Waals surface area (Å²) in [6, 6.07) is 13.5. The van der Waals surface area contributed by atoms with Crippen LogP contribution in [0.25, 0.3) is 0 Å². The Kier molecular flexibility index (Phi) is 7.21. The van der Waals surface area contributed by atoms with Crippen molar-refractivity contribution in [2.75, 3.05) is 19.7 Å². The molecule has 0 bridgehead atoms. The second-order valence-electron chi connectivity index (χ2n) is 6.43. The molecule has 2 N–H and O–H groups in total. The summed E-state index contributed by atoms with van der Waals surface area (Å²) in [7, 11) is 0. The molecule has 0 heterocycles. The van der Waals surface area contributed by atoms with Gasteiger partial charge in [0.2, 0.25) is 5.91 Å². The lowest BCUT2D eigenvalue weighted by atomic mass is 10.1. The van der Waals surface area contributed by atoms with Gasteiger partial charge in [0.1, 0.15) is 5.75 Å². The monoisotopic (exact) mass is 354 g/mol. The number of benzene rings is 2. The van der Waals surface area contributed by atoms with Crippen LogP contribution < -0.4 is 15.4 Å². The third-order valence-corrected chi connectivity index (χ3v) is 3.79. The Morgan fingerprint density at radius 2 is 1.65 bits per heavy atom. The largest absolute Gasteiger partial charge is 0.494 e. The van der Waals surface area contributed by atoms with Crippen molar-refractivity contribution in [1.29, 1.82) is 0 Å². The summed E-state index contributed by atoms with van der Waals surface area (Å²) in [5, 5.41) is 5.42. The molecule has 2 rings (SSSR count). The molecule has 0 radical (unpaired) electrons. The van der Waals surface area contributed by atoms with Gasteiger partial charge in [-0.1, -0.05) is 29.3 Å². The first kappa shape index (κ1) is 19.5. The van der Waals surface area contributed by atoms with E-state index in [1.165, 1.54) is 0 Å². The van der Waals surface area contributed by atoms with Crippen molar-refractivity contribution >= 4 is 11.8 Å². The molecule has 2 aromatic carbocycles. The SMILES string of the molecule is Cc1cccc(OCCCNC(=O)CNC(=O)c2cc(C)cc(C)c2)c1. The number of aryl methyl sites for hydroxylation is 3. The Morgan fingerprint density at radius 1 is 0.923 bits per heavy atom. The second-order valence-corrected chi connectivity index (χ2v) is 6.43. The van der Waals surface area contributed by atoms with Crippen molar-refractivity contribution in [2.24, 2.45) is 0 Å². The standard InChI is InChI=1S/C21H26N2O3/c1-15-6-4-7-19(13-15)26-9-5-8-22-20(24)14-23-21(25)18-11-16(2)10-17(3)12-18/h4,6-7,10-13H,5,8-9,14H2,1-3H3,(H,22,24)(H,23,25). The number of carbonyl (C=O) groups is 2. The minimum atomic E-state index is -0.241. The number of ether oxygens (including phenoxy) is 1. The Hall–Kier alpha value is -2.82. The van der Waals surface area contributed by atoms with Crippen LogP contribution in [0.15, 0.2) is 42.5 Å². The summed E-state index contributed by atoms with van der Waals surface area (Å²) in [6.45, 7) is 6.89. The van der Waals surface area contributed by atoms with Crippen LogP contribution in [-0.2, 0) is 4.79 Å². The molecule has 0 saturated heterocycles. The fraction of sp³-hybridized carbons (Fsp3) is 0.333. The van der Waals surface area contributed by atoms with Gasteiger partial charge >= 0.3 is 0 Å². The lowest BCUT2D eigenvalue weighted by Crippen LogP contribution is -2.37. The molecule has 0 aliphatic rings. The maximum absolute atomic E-state index is 12.1. The zero-order valence-electron chi connectivity index (χ0n) is 15.6. The molecule has 0 unspecified atom stereocenters. The van der Waals surface area contributed by atoms with Crippen molar-refractivity contribution in [1.82, 2.24) is 10.6 Å². The van der Waals surface area contributed by atoms with Crippen molar-refractivity contribution in [2.45, 2.75) is 27.2 Å². The summed E-state index contributed by atoms with van der Waals surface area (Å²) in [4.78, 5) is 23.9. The van der Waals surface area contributed by atoms with Crippen LogP contribution in [0.1, 0.15) is 33.5 Å². The van der Waals surface area contributed by atoms with Crippen molar-refractivity contribution in [3.05, 3.63) is 64.7 Å². The molecule has 0 aliphatic carbocycles. The fourth-order valence-corrected chi connectivity index (χ4v) is 2.63. The highest BCUT2D eigenvalue weighted by Crippen LogP contribution is 2.12. The Bertz CT molecular complexity index is 751. The molecule has 0 spiro atoms. The number of nitrogens with one attached hydrogen (secondary N) is 2. The van der Waals surface area contributed by atoms with Gasteiger partial charge in [0.25, 0.3) is 5.91 Å². The minimum absolute atomic E-state index is 0.0371. The van der Waals surface area contributed by atoms with E-state index in [0.29, 0.717) is 25.1 Å². The van der Waals surface area contributed by atoms with E-state index >= 15 is 0 Å². The van der Waals surface area contributed by atoms with E-state index in [2.05, 4.69) is 10.6 Å². The van der Waals surface area contributed by atoms with Crippen LogP contribution >= 0.6 is 0 Å². The smallest absolute Gasteiger partial charge is 0.251 e. The van der Waals surface area contributed by atoms with E-state index in [1.807, 2.05) is 63.2 Å². The molecule has 0 fully saturated rings. The number of rotatable bonds is 8. The molecule has 0 atom stereocenters. The van der Waals surface area contributed by atoms with Gasteiger partial charge in [-0.05, 0) is 57.0 Å². The third kappa shape index (κ3) is 6.59. The van der Waals surface area contributed by atoms with Gasteiger partial charge in [0.05, 0.1) is 13.2 Å². The highest BCUT2D eigenvalue weighted by atomic mass is 16.5. The zero-order valence-corrected chi connectivity index (χ0v) is 15.6. The maximum Gasteiger partial charge on any atom is 0.251 e. The van der Waals surface area contributed by atoms with Crippen molar-refractivity contribution < 1.29 is 14.3 Å². The number of hydrogen-bond acceptors (Lipinski definition) is 3. The molecule has 5 heteroatoms. The number of carbonyl (C=O) groups excluding carboxylic acids is 2. The highest BCUT2D eigenvalue weighted by Gasteiger charge is 2.08. The van der Waals surface area contributed by atoms with Crippen molar-refractivity contribution in [3.8, 4) is 5.75 Å². The van der Waals surface area contributed by atoms with Crippen LogP contribution in [0.3, 0.4) is 0 Å². The molecule has 2 aromatic rings. The first-order chi connectivity index (χ1) is 12.4. The van der Waals surface area contributed by atoms with Gasteiger partial charge < -0.3 is 15.4 Å². The van der Waals surface area contributed by atoms with Gasteiger partial charge in [-0.25, -0.2) is 0 Å². The number of hydrogen-bond donors (Lipinski definition) is 2. The van der Waals surface area contributed by atoms with E-state index in [1.54, 1.807) is 0 Å². The summed E-state index contributed by atoms with van der Waals surface area (Å²) in [6.07, 6.45) is 0.699. The van der Waals surface area contributed by atoms with Crippen LogP contribution in [-0.4, -0.2) is 31.5 Å². The predicted molar refractivity (Wildman–Crippen MR) is 103 cm³/mol. The molecule has 138 valence electrons. The highest BCUT2D eigenvalue weighted by molar-refractivity contribution is 5.96. The van der Waals surface area contributed by atoms with Gasteiger partial charge in [-0.2, -0.15) is 0 Å². The average molecular weight is 354 g/mol. The second kappa shape index (κ2) is 9.61. The molecule has 5 nitrogen and oxygen atoms in total. The predicted octanol–water partition coefficient (Wildman–Crippen LogP) is 2.93. The average Bonchev–Trinajstić information content (AvgIpc) is 2.58. The third-order valence-electron chi connectivity index (χ3n) is 3.79. The van der Waals surface area contributed by atoms with Gasteiger partial charge in [-0.15, -0.1) is 0 Å². The molecule has 26 heavy (non-hydrogen) atoms. The normalized spacial score (nSPS) is 10.3. The quantitative estimate of drug-likeness (QED) is 0.716. The molecular formula is C21H26N2O3. The van der Waals surface area contributed by atoms with E-state index in [-0.39, 0.29) is 18.4 Å². The zero-order chi connectivity index (χ0) is 18.9. The summed E-state index contributed by atoms with van der Waals surface area (Å²) < 4.78 is 5.63. The van der Waals surface area contributed by atoms with E-state index < -0.39 is 0 Å². The number of amides is 2. The topological polar surface area (TPSA) is 67.4 Å². The maximum atomic E-state index is 12.1. The van der Waals surface area contributed by atoms with Crippen LogP contribution in [0.5, 0.6) is 5.75 Å². The lowest BCUT2D eigenvalue weighted by Gasteiger charge is -2.09. The van der Waals surface area contributed by atoms with Gasteiger partial charge in [-0.3, -0.25) is 9.59 Å². The summed E-state index contributed by atoms with van der Waals surface area (Å²) in [5.74, 6) is 0.380. The Labute approximate surface area is 154 Å². The van der Waals surface area contributed by atoms with Crippen molar-refractivity contribution in [3.63, 3.8) is 0 Å². The van der Waals surface area contributed by atoms with Crippen LogP contribution in [0.2, 0.25) is 0 Å². The molecule has 0 aliphatic heterocycles. The Balaban J connectivity index is 1.63.